The lowest BCUT2D eigenvalue weighted by atomic mass is 10.0. The smallest absolute Gasteiger partial charge is 0.0782 e. The van der Waals surface area contributed by atoms with Gasteiger partial charge in [-0.2, -0.15) is 0 Å². The molecule has 0 radical (unpaired) electrons. The number of piperidine rings is 1. The second-order valence-electron chi connectivity index (χ2n) is 5.02. The first-order valence-electron chi connectivity index (χ1n) is 6.39. The first-order chi connectivity index (χ1) is 8.16. The molecule has 0 aliphatic carbocycles. The van der Waals surface area contributed by atoms with Crippen molar-refractivity contribution in [3.05, 3.63) is 23.8 Å². The first kappa shape index (κ1) is 12.5. The SMILES string of the molecule is Cc1nccnc1C(C)NC1CCCN(C)C1. The third kappa shape index (κ3) is 3.23. The van der Waals surface area contributed by atoms with Crippen LogP contribution in [0, 0.1) is 6.92 Å². The summed E-state index contributed by atoms with van der Waals surface area (Å²) in [6, 6.07) is 0.852. The third-order valence-electron chi connectivity index (χ3n) is 3.44. The lowest BCUT2D eigenvalue weighted by Gasteiger charge is -2.32. The first-order valence-corrected chi connectivity index (χ1v) is 6.39. The van der Waals surface area contributed by atoms with Crippen molar-refractivity contribution in [1.82, 2.24) is 20.2 Å². The predicted octanol–water partition coefficient (Wildman–Crippen LogP) is 1.53. The van der Waals surface area contributed by atoms with Crippen LogP contribution < -0.4 is 5.32 Å². The molecule has 1 aliphatic rings. The van der Waals surface area contributed by atoms with Crippen LogP contribution >= 0.6 is 0 Å². The molecule has 2 rings (SSSR count). The largest absolute Gasteiger partial charge is 0.305 e. The number of aryl methyl sites for hydroxylation is 1. The molecule has 2 unspecified atom stereocenters. The van der Waals surface area contributed by atoms with Gasteiger partial charge in [0.15, 0.2) is 0 Å². The number of hydrogen-bond acceptors (Lipinski definition) is 4. The summed E-state index contributed by atoms with van der Waals surface area (Å²) >= 11 is 0. The van der Waals surface area contributed by atoms with Crippen LogP contribution in [-0.2, 0) is 0 Å². The van der Waals surface area contributed by atoms with Crippen molar-refractivity contribution < 1.29 is 0 Å². The van der Waals surface area contributed by atoms with Gasteiger partial charge in [-0.05, 0) is 40.3 Å². The van der Waals surface area contributed by atoms with Gasteiger partial charge >= 0.3 is 0 Å². The van der Waals surface area contributed by atoms with Gasteiger partial charge < -0.3 is 10.2 Å². The summed E-state index contributed by atoms with van der Waals surface area (Å²) in [5, 5.41) is 3.66. The monoisotopic (exact) mass is 234 g/mol. The summed E-state index contributed by atoms with van der Waals surface area (Å²) in [4.78, 5) is 11.1. The summed E-state index contributed by atoms with van der Waals surface area (Å²) in [6.45, 7) is 6.54. The lowest BCUT2D eigenvalue weighted by Crippen LogP contribution is -2.45. The average molecular weight is 234 g/mol. The fraction of sp³-hybridized carbons (Fsp3) is 0.692. The van der Waals surface area contributed by atoms with Crippen molar-refractivity contribution in [3.8, 4) is 0 Å². The summed E-state index contributed by atoms with van der Waals surface area (Å²) in [5.41, 5.74) is 2.09. The lowest BCUT2D eigenvalue weighted by molar-refractivity contribution is 0.218. The van der Waals surface area contributed by atoms with Crippen LogP contribution in [0.25, 0.3) is 0 Å². The number of likely N-dealkylation sites (tertiary alicyclic amines) is 1. The Kier molecular flexibility index (Phi) is 4.07. The number of likely N-dealkylation sites (N-methyl/N-ethyl adjacent to an activating group) is 1. The molecule has 94 valence electrons. The Morgan fingerprint density at radius 3 is 2.88 bits per heavy atom. The van der Waals surface area contributed by atoms with Crippen LogP contribution in [0.5, 0.6) is 0 Å². The van der Waals surface area contributed by atoms with Gasteiger partial charge in [0, 0.05) is 31.0 Å². The van der Waals surface area contributed by atoms with Gasteiger partial charge in [-0.3, -0.25) is 9.97 Å². The molecule has 0 aromatic carbocycles. The van der Waals surface area contributed by atoms with E-state index >= 15 is 0 Å². The maximum absolute atomic E-state index is 4.42. The van der Waals surface area contributed by atoms with E-state index in [0.717, 1.165) is 17.9 Å². The molecule has 1 aromatic heterocycles. The number of hydrogen-bond donors (Lipinski definition) is 1. The van der Waals surface area contributed by atoms with Crippen LogP contribution in [0.4, 0.5) is 0 Å². The Bertz CT molecular complexity index is 366. The Morgan fingerprint density at radius 2 is 2.18 bits per heavy atom. The van der Waals surface area contributed by atoms with Crippen molar-refractivity contribution in [3.63, 3.8) is 0 Å². The summed E-state index contributed by atoms with van der Waals surface area (Å²) in [6.07, 6.45) is 6.06. The van der Waals surface area contributed by atoms with E-state index < -0.39 is 0 Å². The van der Waals surface area contributed by atoms with E-state index in [1.807, 2.05) is 6.92 Å². The Morgan fingerprint density at radius 1 is 1.41 bits per heavy atom. The number of nitrogens with zero attached hydrogens (tertiary/aromatic N) is 3. The molecular formula is C13H22N4. The molecule has 0 spiro atoms. The van der Waals surface area contributed by atoms with Crippen molar-refractivity contribution in [2.75, 3.05) is 20.1 Å². The summed E-state index contributed by atoms with van der Waals surface area (Å²) < 4.78 is 0. The summed E-state index contributed by atoms with van der Waals surface area (Å²) in [7, 11) is 2.19. The van der Waals surface area contributed by atoms with Gasteiger partial charge in [-0.1, -0.05) is 0 Å². The van der Waals surface area contributed by atoms with Crippen molar-refractivity contribution in [1.29, 1.82) is 0 Å². The van der Waals surface area contributed by atoms with Gasteiger partial charge in [-0.25, -0.2) is 0 Å². The van der Waals surface area contributed by atoms with E-state index in [1.54, 1.807) is 12.4 Å². The van der Waals surface area contributed by atoms with E-state index in [9.17, 15) is 0 Å². The molecule has 2 heterocycles. The molecule has 4 heteroatoms. The molecule has 1 saturated heterocycles. The van der Waals surface area contributed by atoms with Crippen LogP contribution in [-0.4, -0.2) is 41.0 Å². The second-order valence-corrected chi connectivity index (χ2v) is 5.02. The standard InChI is InChI=1S/C13H22N4/c1-10-13(15-7-6-14-10)11(2)16-12-5-4-8-17(3)9-12/h6-7,11-12,16H,4-5,8-9H2,1-3H3. The molecule has 0 amide bonds. The van der Waals surface area contributed by atoms with Crippen molar-refractivity contribution >= 4 is 0 Å². The highest BCUT2D eigenvalue weighted by molar-refractivity contribution is 5.12. The van der Waals surface area contributed by atoms with Gasteiger partial charge in [0.05, 0.1) is 11.4 Å². The van der Waals surface area contributed by atoms with Gasteiger partial charge in [0.1, 0.15) is 0 Å². The zero-order valence-corrected chi connectivity index (χ0v) is 11.0. The molecule has 1 N–H and O–H groups in total. The Hall–Kier alpha value is -1.00. The maximum atomic E-state index is 4.42. The normalized spacial score (nSPS) is 23.6. The molecule has 1 aromatic rings. The van der Waals surface area contributed by atoms with E-state index in [1.165, 1.54) is 19.4 Å². The predicted molar refractivity (Wildman–Crippen MR) is 68.8 cm³/mol. The van der Waals surface area contributed by atoms with E-state index in [4.69, 9.17) is 0 Å². The quantitative estimate of drug-likeness (QED) is 0.861. The molecule has 2 atom stereocenters. The minimum Gasteiger partial charge on any atom is -0.305 e. The number of nitrogens with one attached hydrogen (secondary N) is 1. The molecule has 17 heavy (non-hydrogen) atoms. The van der Waals surface area contributed by atoms with Crippen molar-refractivity contribution in [2.45, 2.75) is 38.8 Å². The Labute approximate surface area is 103 Å². The minimum atomic E-state index is 0.278. The second kappa shape index (κ2) is 5.56. The zero-order chi connectivity index (χ0) is 12.3. The number of aromatic nitrogens is 2. The highest BCUT2D eigenvalue weighted by Crippen LogP contribution is 2.16. The Balaban J connectivity index is 1.97. The van der Waals surface area contributed by atoms with Crippen molar-refractivity contribution in [2.24, 2.45) is 0 Å². The molecule has 0 bridgehead atoms. The van der Waals surface area contributed by atoms with Gasteiger partial charge in [0.25, 0.3) is 0 Å². The highest BCUT2D eigenvalue weighted by atomic mass is 15.1. The van der Waals surface area contributed by atoms with Crippen LogP contribution in [0.3, 0.4) is 0 Å². The zero-order valence-electron chi connectivity index (χ0n) is 11.0. The average Bonchev–Trinajstić information content (AvgIpc) is 2.29. The minimum absolute atomic E-state index is 0.278. The fourth-order valence-electron chi connectivity index (χ4n) is 2.58. The molecular weight excluding hydrogens is 212 g/mol. The van der Waals surface area contributed by atoms with Gasteiger partial charge in [-0.15, -0.1) is 0 Å². The van der Waals surface area contributed by atoms with Gasteiger partial charge in [0.2, 0.25) is 0 Å². The topological polar surface area (TPSA) is 41.1 Å². The third-order valence-corrected chi connectivity index (χ3v) is 3.44. The molecule has 0 saturated carbocycles. The molecule has 1 fully saturated rings. The highest BCUT2D eigenvalue weighted by Gasteiger charge is 2.20. The fourth-order valence-corrected chi connectivity index (χ4v) is 2.58. The van der Waals surface area contributed by atoms with Crippen LogP contribution in [0.1, 0.15) is 37.2 Å². The molecule has 4 nitrogen and oxygen atoms in total. The number of rotatable bonds is 3. The van der Waals surface area contributed by atoms with E-state index in [-0.39, 0.29) is 6.04 Å². The van der Waals surface area contributed by atoms with Crippen LogP contribution in [0.15, 0.2) is 12.4 Å². The molecule has 1 aliphatic heterocycles. The van der Waals surface area contributed by atoms with Crippen LogP contribution in [0.2, 0.25) is 0 Å². The summed E-state index contributed by atoms with van der Waals surface area (Å²) in [5.74, 6) is 0. The maximum Gasteiger partial charge on any atom is 0.0782 e. The van der Waals surface area contributed by atoms with E-state index in [2.05, 4.69) is 34.2 Å². The van der Waals surface area contributed by atoms with E-state index in [0.29, 0.717) is 6.04 Å².